The Morgan fingerprint density at radius 3 is 2.94 bits per heavy atom. The van der Waals surface area contributed by atoms with Crippen molar-refractivity contribution in [3.63, 3.8) is 0 Å². The third-order valence-corrected chi connectivity index (χ3v) is 3.16. The minimum Gasteiger partial charge on any atom is -0.383 e. The summed E-state index contributed by atoms with van der Waals surface area (Å²) in [5, 5.41) is 3.44. The van der Waals surface area contributed by atoms with Crippen LogP contribution in [0.25, 0.3) is 0 Å². The molecule has 0 spiro atoms. The van der Waals surface area contributed by atoms with Crippen LogP contribution in [0.1, 0.15) is 39.0 Å². The largest absolute Gasteiger partial charge is 0.383 e. The second-order valence-corrected chi connectivity index (χ2v) is 4.76. The van der Waals surface area contributed by atoms with E-state index in [9.17, 15) is 4.79 Å². The predicted molar refractivity (Wildman–Crippen MR) is 69.0 cm³/mol. The molecule has 0 aliphatic carbocycles. The van der Waals surface area contributed by atoms with Gasteiger partial charge in [-0.05, 0) is 25.8 Å². The molecule has 1 atom stereocenters. The van der Waals surface area contributed by atoms with Crippen LogP contribution in [0.4, 0.5) is 0 Å². The molecule has 17 heavy (non-hydrogen) atoms. The Labute approximate surface area is 105 Å². The first-order valence-corrected chi connectivity index (χ1v) is 6.78. The molecule has 0 aromatic rings. The molecule has 1 N–H and O–H groups in total. The third-order valence-electron chi connectivity index (χ3n) is 3.16. The van der Waals surface area contributed by atoms with E-state index in [1.807, 2.05) is 4.90 Å². The van der Waals surface area contributed by atoms with Gasteiger partial charge in [0.15, 0.2) is 0 Å². The summed E-state index contributed by atoms with van der Waals surface area (Å²) in [7, 11) is 1.71. The van der Waals surface area contributed by atoms with Gasteiger partial charge < -0.3 is 15.0 Å². The lowest BCUT2D eigenvalue weighted by Crippen LogP contribution is -2.46. The van der Waals surface area contributed by atoms with Crippen LogP contribution in [-0.4, -0.2) is 50.2 Å². The highest BCUT2D eigenvalue weighted by Gasteiger charge is 2.20. The van der Waals surface area contributed by atoms with Crippen molar-refractivity contribution in [1.29, 1.82) is 0 Å². The van der Waals surface area contributed by atoms with Crippen LogP contribution < -0.4 is 5.32 Å². The zero-order chi connectivity index (χ0) is 12.5. The number of rotatable bonds is 7. The maximum atomic E-state index is 11.9. The Kier molecular flexibility index (Phi) is 7.21. The summed E-state index contributed by atoms with van der Waals surface area (Å²) in [5.74, 6) is 0.307. The van der Waals surface area contributed by atoms with E-state index in [0.29, 0.717) is 18.9 Å². The Balaban J connectivity index is 2.42. The summed E-state index contributed by atoms with van der Waals surface area (Å²) < 4.78 is 5.21. The lowest BCUT2D eigenvalue weighted by molar-refractivity contribution is -0.131. The van der Waals surface area contributed by atoms with Gasteiger partial charge in [-0.15, -0.1) is 0 Å². The molecule has 0 aromatic carbocycles. The molecular weight excluding hydrogens is 216 g/mol. The van der Waals surface area contributed by atoms with Crippen molar-refractivity contribution in [2.24, 2.45) is 0 Å². The second kappa shape index (κ2) is 8.48. The molecule has 0 radical (unpaired) electrons. The molecule has 4 heteroatoms. The normalized spacial score (nSPS) is 19.2. The van der Waals surface area contributed by atoms with Gasteiger partial charge >= 0.3 is 0 Å². The van der Waals surface area contributed by atoms with E-state index in [1.165, 1.54) is 6.42 Å². The summed E-state index contributed by atoms with van der Waals surface area (Å²) in [6.45, 7) is 5.49. The lowest BCUT2D eigenvalue weighted by atomic mass is 10.2. The summed E-state index contributed by atoms with van der Waals surface area (Å²) >= 11 is 0. The van der Waals surface area contributed by atoms with Crippen LogP contribution in [0.15, 0.2) is 0 Å². The molecule has 0 aromatic heterocycles. The minimum absolute atomic E-state index is 0.266. The van der Waals surface area contributed by atoms with E-state index >= 15 is 0 Å². The van der Waals surface area contributed by atoms with E-state index < -0.39 is 0 Å². The van der Waals surface area contributed by atoms with Crippen LogP contribution in [0.5, 0.6) is 0 Å². The van der Waals surface area contributed by atoms with Crippen LogP contribution >= 0.6 is 0 Å². The molecule has 100 valence electrons. The number of nitrogens with one attached hydrogen (secondary N) is 1. The second-order valence-electron chi connectivity index (χ2n) is 4.76. The minimum atomic E-state index is 0.266. The van der Waals surface area contributed by atoms with Crippen molar-refractivity contribution in [2.45, 2.75) is 45.1 Å². The van der Waals surface area contributed by atoms with Gasteiger partial charge in [0.2, 0.25) is 5.91 Å². The van der Waals surface area contributed by atoms with Gasteiger partial charge in [-0.2, -0.15) is 0 Å². The number of methoxy groups -OCH3 is 1. The Morgan fingerprint density at radius 1 is 1.41 bits per heavy atom. The van der Waals surface area contributed by atoms with Crippen molar-refractivity contribution < 1.29 is 9.53 Å². The van der Waals surface area contributed by atoms with Gasteiger partial charge in [0.1, 0.15) is 0 Å². The van der Waals surface area contributed by atoms with E-state index in [-0.39, 0.29) is 6.04 Å². The van der Waals surface area contributed by atoms with Crippen molar-refractivity contribution >= 4 is 5.91 Å². The topological polar surface area (TPSA) is 41.6 Å². The molecular formula is C13H26N2O2. The Hall–Kier alpha value is -0.610. The predicted octanol–water partition coefficient (Wildman–Crippen LogP) is 1.40. The Bertz CT molecular complexity index is 221. The maximum absolute atomic E-state index is 11.9. The van der Waals surface area contributed by atoms with Crippen molar-refractivity contribution in [2.75, 3.05) is 33.4 Å². The number of hydrogen-bond acceptors (Lipinski definition) is 3. The van der Waals surface area contributed by atoms with Crippen LogP contribution in [0.2, 0.25) is 0 Å². The standard InChI is InChI=1S/C13H26N2O2/c1-3-8-14-12(11-17-2)10-15-9-6-4-5-7-13(15)16/h12,14H,3-11H2,1-2H3. The summed E-state index contributed by atoms with van der Waals surface area (Å²) in [6, 6.07) is 0.266. The highest BCUT2D eigenvalue weighted by molar-refractivity contribution is 5.76. The number of hydrogen-bond donors (Lipinski definition) is 1. The number of carbonyl (C=O) groups excluding carboxylic acids is 1. The van der Waals surface area contributed by atoms with Gasteiger partial charge in [-0.1, -0.05) is 13.3 Å². The molecule has 1 rings (SSSR count). The van der Waals surface area contributed by atoms with Gasteiger partial charge in [0.25, 0.3) is 0 Å². The monoisotopic (exact) mass is 242 g/mol. The van der Waals surface area contributed by atoms with E-state index in [1.54, 1.807) is 7.11 Å². The van der Waals surface area contributed by atoms with E-state index in [4.69, 9.17) is 4.74 Å². The van der Waals surface area contributed by atoms with Gasteiger partial charge in [-0.25, -0.2) is 0 Å². The molecule has 1 aliphatic heterocycles. The van der Waals surface area contributed by atoms with Crippen LogP contribution in [-0.2, 0) is 9.53 Å². The van der Waals surface area contributed by atoms with Gasteiger partial charge in [0.05, 0.1) is 6.61 Å². The molecule has 0 saturated carbocycles. The highest BCUT2D eigenvalue weighted by atomic mass is 16.5. The fraction of sp³-hybridized carbons (Fsp3) is 0.923. The first-order chi connectivity index (χ1) is 8.27. The van der Waals surface area contributed by atoms with Crippen molar-refractivity contribution in [1.82, 2.24) is 10.2 Å². The molecule has 1 unspecified atom stereocenters. The quantitative estimate of drug-likeness (QED) is 0.734. The van der Waals surface area contributed by atoms with Crippen molar-refractivity contribution in [3.8, 4) is 0 Å². The fourth-order valence-corrected chi connectivity index (χ4v) is 2.22. The highest BCUT2D eigenvalue weighted by Crippen LogP contribution is 2.11. The average Bonchev–Trinajstić information content (AvgIpc) is 2.52. The smallest absolute Gasteiger partial charge is 0.222 e. The van der Waals surface area contributed by atoms with Crippen molar-refractivity contribution in [3.05, 3.63) is 0 Å². The molecule has 1 fully saturated rings. The molecule has 1 amide bonds. The fourth-order valence-electron chi connectivity index (χ4n) is 2.22. The zero-order valence-corrected chi connectivity index (χ0v) is 11.2. The number of amides is 1. The number of carbonyl (C=O) groups is 1. The number of ether oxygens (including phenoxy) is 1. The number of likely N-dealkylation sites (tertiary alicyclic amines) is 1. The first-order valence-electron chi connectivity index (χ1n) is 6.78. The van der Waals surface area contributed by atoms with Gasteiger partial charge in [-0.3, -0.25) is 4.79 Å². The Morgan fingerprint density at radius 2 is 2.24 bits per heavy atom. The van der Waals surface area contributed by atoms with E-state index in [0.717, 1.165) is 38.9 Å². The summed E-state index contributed by atoms with van der Waals surface area (Å²) in [4.78, 5) is 13.9. The SMILES string of the molecule is CCCNC(COC)CN1CCCCCC1=O. The first kappa shape index (κ1) is 14.5. The molecule has 4 nitrogen and oxygen atoms in total. The van der Waals surface area contributed by atoms with Crippen LogP contribution in [0.3, 0.4) is 0 Å². The molecule has 0 bridgehead atoms. The van der Waals surface area contributed by atoms with Gasteiger partial charge in [0, 0.05) is 32.7 Å². The number of nitrogens with zero attached hydrogens (tertiary/aromatic N) is 1. The summed E-state index contributed by atoms with van der Waals surface area (Å²) in [6.07, 6.45) is 5.19. The molecule has 1 heterocycles. The zero-order valence-electron chi connectivity index (χ0n) is 11.2. The van der Waals surface area contributed by atoms with Crippen LogP contribution in [0, 0.1) is 0 Å². The lowest BCUT2D eigenvalue weighted by Gasteiger charge is -2.27. The molecule has 1 aliphatic rings. The average molecular weight is 242 g/mol. The maximum Gasteiger partial charge on any atom is 0.222 e. The van der Waals surface area contributed by atoms with E-state index in [2.05, 4.69) is 12.2 Å². The third kappa shape index (κ3) is 5.50. The molecule has 1 saturated heterocycles. The summed E-state index contributed by atoms with van der Waals surface area (Å²) in [5.41, 5.74) is 0.